The van der Waals surface area contributed by atoms with Gasteiger partial charge in [-0.15, -0.1) is 0 Å². The Kier molecular flexibility index (Phi) is 4.17. The van der Waals surface area contributed by atoms with Crippen molar-refractivity contribution in [3.05, 3.63) is 24.3 Å². The summed E-state index contributed by atoms with van der Waals surface area (Å²) in [6.45, 7) is 3.37. The minimum atomic E-state index is 0.353. The number of amides is 1. The first-order valence-electron chi connectivity index (χ1n) is 9.16. The van der Waals surface area contributed by atoms with Gasteiger partial charge in [-0.3, -0.25) is 4.79 Å². The summed E-state index contributed by atoms with van der Waals surface area (Å²) in [5, 5.41) is 0. The van der Waals surface area contributed by atoms with Crippen LogP contribution in [0.4, 0.5) is 5.95 Å². The highest BCUT2D eigenvalue weighted by Crippen LogP contribution is 2.28. The Morgan fingerprint density at radius 2 is 1.83 bits per heavy atom. The van der Waals surface area contributed by atoms with Crippen molar-refractivity contribution in [1.29, 1.82) is 0 Å². The van der Waals surface area contributed by atoms with Gasteiger partial charge in [-0.25, -0.2) is 4.98 Å². The van der Waals surface area contributed by atoms with Crippen molar-refractivity contribution < 1.29 is 4.79 Å². The summed E-state index contributed by atoms with van der Waals surface area (Å²) in [6.07, 6.45) is 5.85. The van der Waals surface area contributed by atoms with Gasteiger partial charge in [-0.2, -0.15) is 0 Å². The van der Waals surface area contributed by atoms with Gasteiger partial charge in [-0.1, -0.05) is 25.0 Å². The molecule has 4 rings (SSSR count). The Bertz CT molecular complexity index is 724. The normalized spacial score (nSPS) is 19.4. The van der Waals surface area contributed by atoms with Crippen molar-refractivity contribution in [3.8, 4) is 0 Å². The van der Waals surface area contributed by atoms with Gasteiger partial charge in [0.15, 0.2) is 0 Å². The van der Waals surface area contributed by atoms with E-state index in [4.69, 9.17) is 4.98 Å². The molecule has 2 aliphatic rings. The van der Waals surface area contributed by atoms with E-state index in [-0.39, 0.29) is 0 Å². The summed E-state index contributed by atoms with van der Waals surface area (Å²) in [5.41, 5.74) is 2.20. The summed E-state index contributed by atoms with van der Waals surface area (Å²) in [7, 11) is 2.07. The number of hydrogen-bond donors (Lipinski definition) is 0. The topological polar surface area (TPSA) is 41.4 Å². The molecule has 5 nitrogen and oxygen atoms in total. The van der Waals surface area contributed by atoms with Gasteiger partial charge in [0.25, 0.3) is 0 Å². The van der Waals surface area contributed by atoms with Crippen LogP contribution in [-0.2, 0) is 11.8 Å². The van der Waals surface area contributed by atoms with Crippen molar-refractivity contribution in [2.24, 2.45) is 13.0 Å². The minimum Gasteiger partial charge on any atom is -0.339 e. The fourth-order valence-corrected chi connectivity index (χ4v) is 4.16. The third-order valence-corrected chi connectivity index (χ3v) is 5.62. The molecule has 2 heterocycles. The largest absolute Gasteiger partial charge is 0.339 e. The lowest BCUT2D eigenvalue weighted by atomic mass is 10.0. The second kappa shape index (κ2) is 6.46. The lowest BCUT2D eigenvalue weighted by Gasteiger charge is -2.35. The van der Waals surface area contributed by atoms with Gasteiger partial charge in [0.2, 0.25) is 11.9 Å². The molecule has 0 spiro atoms. The summed E-state index contributed by atoms with van der Waals surface area (Å²) in [5.74, 6) is 2.00. The molecule has 0 N–H and O–H groups in total. The number of para-hydroxylation sites is 2. The summed E-state index contributed by atoms with van der Waals surface area (Å²) in [4.78, 5) is 21.6. The Balaban J connectivity index is 1.40. The Hall–Kier alpha value is -2.04. The number of anilines is 1. The molecule has 128 valence electrons. The number of imidazole rings is 1. The van der Waals surface area contributed by atoms with E-state index in [2.05, 4.69) is 33.5 Å². The fourth-order valence-electron chi connectivity index (χ4n) is 4.16. The lowest BCUT2D eigenvalue weighted by Crippen LogP contribution is -2.49. The van der Waals surface area contributed by atoms with Gasteiger partial charge in [0.1, 0.15) is 0 Å². The second-order valence-electron chi connectivity index (χ2n) is 7.18. The summed E-state index contributed by atoms with van der Waals surface area (Å²) >= 11 is 0. The van der Waals surface area contributed by atoms with Gasteiger partial charge in [0, 0.05) is 39.6 Å². The molecule has 0 unspecified atom stereocenters. The van der Waals surface area contributed by atoms with Gasteiger partial charge in [-0.05, 0) is 30.9 Å². The van der Waals surface area contributed by atoms with Crippen LogP contribution in [0, 0.1) is 5.92 Å². The Morgan fingerprint density at radius 3 is 2.54 bits per heavy atom. The van der Waals surface area contributed by atoms with E-state index in [1.165, 1.54) is 25.7 Å². The monoisotopic (exact) mass is 326 g/mol. The zero-order valence-corrected chi connectivity index (χ0v) is 14.4. The van der Waals surface area contributed by atoms with Gasteiger partial charge < -0.3 is 14.4 Å². The molecule has 0 bridgehead atoms. The van der Waals surface area contributed by atoms with E-state index < -0.39 is 0 Å². The maximum Gasteiger partial charge on any atom is 0.222 e. The van der Waals surface area contributed by atoms with Crippen LogP contribution in [0.15, 0.2) is 24.3 Å². The van der Waals surface area contributed by atoms with E-state index in [9.17, 15) is 4.79 Å². The number of nitrogens with zero attached hydrogens (tertiary/aromatic N) is 4. The number of aryl methyl sites for hydroxylation is 1. The van der Waals surface area contributed by atoms with Crippen LogP contribution < -0.4 is 4.90 Å². The summed E-state index contributed by atoms with van der Waals surface area (Å²) in [6, 6.07) is 8.24. The average molecular weight is 326 g/mol. The fraction of sp³-hybridized carbons (Fsp3) is 0.579. The van der Waals surface area contributed by atoms with Gasteiger partial charge >= 0.3 is 0 Å². The highest BCUT2D eigenvalue weighted by molar-refractivity contribution is 5.79. The number of hydrogen-bond acceptors (Lipinski definition) is 3. The number of carbonyl (C=O) groups excluding carboxylic acids is 1. The average Bonchev–Trinajstić information content (AvgIpc) is 3.23. The van der Waals surface area contributed by atoms with Crippen molar-refractivity contribution in [1.82, 2.24) is 14.5 Å². The first kappa shape index (κ1) is 15.5. The molecule has 0 radical (unpaired) electrons. The number of aromatic nitrogens is 2. The van der Waals surface area contributed by atoms with Crippen LogP contribution in [0.1, 0.15) is 32.1 Å². The number of piperazine rings is 1. The molecule has 0 atom stereocenters. The highest BCUT2D eigenvalue weighted by Gasteiger charge is 2.26. The van der Waals surface area contributed by atoms with E-state index in [0.29, 0.717) is 11.8 Å². The van der Waals surface area contributed by atoms with Crippen LogP contribution in [0.5, 0.6) is 0 Å². The van der Waals surface area contributed by atoms with Crippen LogP contribution in [-0.4, -0.2) is 46.5 Å². The maximum atomic E-state index is 12.5. The smallest absolute Gasteiger partial charge is 0.222 e. The van der Waals surface area contributed by atoms with Crippen LogP contribution in [0.25, 0.3) is 11.0 Å². The molecule has 1 saturated heterocycles. The zero-order valence-electron chi connectivity index (χ0n) is 14.4. The van der Waals surface area contributed by atoms with Crippen molar-refractivity contribution >= 4 is 22.9 Å². The van der Waals surface area contributed by atoms with Crippen LogP contribution in [0.3, 0.4) is 0 Å². The molecule has 2 fully saturated rings. The zero-order chi connectivity index (χ0) is 16.5. The molecule has 1 aromatic heterocycles. The standard InChI is InChI=1S/C19H26N4O/c1-21-17-9-5-4-8-16(17)20-19(21)23-12-10-22(11-13-23)18(24)14-15-6-2-3-7-15/h4-5,8-9,15H,2-3,6-7,10-14H2,1H3. The molecule has 1 aliphatic heterocycles. The molecule has 1 aromatic carbocycles. The molecule has 1 amide bonds. The number of benzene rings is 1. The SMILES string of the molecule is Cn1c(N2CCN(C(=O)CC3CCCC3)CC2)nc2ccccc21. The molecule has 1 saturated carbocycles. The molecular formula is C19H26N4O. The Labute approximate surface area is 143 Å². The molecule has 5 heteroatoms. The quantitative estimate of drug-likeness (QED) is 0.871. The third-order valence-electron chi connectivity index (χ3n) is 5.62. The predicted molar refractivity (Wildman–Crippen MR) is 96.1 cm³/mol. The van der Waals surface area contributed by atoms with Crippen molar-refractivity contribution in [2.75, 3.05) is 31.1 Å². The van der Waals surface area contributed by atoms with Crippen LogP contribution >= 0.6 is 0 Å². The highest BCUT2D eigenvalue weighted by atomic mass is 16.2. The molecule has 24 heavy (non-hydrogen) atoms. The number of fused-ring (bicyclic) bond motifs is 1. The minimum absolute atomic E-state index is 0.353. The molecular weight excluding hydrogens is 300 g/mol. The van der Waals surface area contributed by atoms with Crippen LogP contribution in [0.2, 0.25) is 0 Å². The third kappa shape index (κ3) is 2.87. The number of rotatable bonds is 3. The molecule has 1 aliphatic carbocycles. The lowest BCUT2D eigenvalue weighted by molar-refractivity contribution is -0.132. The van der Waals surface area contributed by atoms with Crippen molar-refractivity contribution in [3.63, 3.8) is 0 Å². The van der Waals surface area contributed by atoms with Gasteiger partial charge in [0.05, 0.1) is 11.0 Å². The molecule has 2 aromatic rings. The summed E-state index contributed by atoms with van der Waals surface area (Å²) < 4.78 is 2.16. The Morgan fingerprint density at radius 1 is 1.12 bits per heavy atom. The van der Waals surface area contributed by atoms with E-state index in [0.717, 1.165) is 49.6 Å². The first-order chi connectivity index (χ1) is 11.7. The predicted octanol–water partition coefficient (Wildman–Crippen LogP) is 2.80. The van der Waals surface area contributed by atoms with E-state index in [1.807, 2.05) is 12.1 Å². The number of carbonyl (C=O) groups is 1. The van der Waals surface area contributed by atoms with Crippen molar-refractivity contribution in [2.45, 2.75) is 32.1 Å². The van der Waals surface area contributed by atoms with E-state index in [1.54, 1.807) is 0 Å². The maximum absolute atomic E-state index is 12.5. The second-order valence-corrected chi connectivity index (χ2v) is 7.18. The van der Waals surface area contributed by atoms with E-state index >= 15 is 0 Å². The first-order valence-corrected chi connectivity index (χ1v) is 9.16.